The molecule has 0 bridgehead atoms. The second-order valence-corrected chi connectivity index (χ2v) is 5.63. The van der Waals surface area contributed by atoms with E-state index >= 15 is 0 Å². The fourth-order valence-electron chi connectivity index (χ4n) is 2.96. The molecule has 1 aliphatic carbocycles. The Bertz CT molecular complexity index is 356. The van der Waals surface area contributed by atoms with Gasteiger partial charge in [0.05, 0.1) is 0 Å². The van der Waals surface area contributed by atoms with E-state index in [0.717, 1.165) is 0 Å². The van der Waals surface area contributed by atoms with Crippen molar-refractivity contribution in [3.05, 3.63) is 35.4 Å². The van der Waals surface area contributed by atoms with E-state index in [1.807, 2.05) is 0 Å². The second kappa shape index (κ2) is 3.89. The van der Waals surface area contributed by atoms with Crippen molar-refractivity contribution in [3.8, 4) is 0 Å². The van der Waals surface area contributed by atoms with Crippen molar-refractivity contribution in [2.24, 2.45) is 0 Å². The maximum absolute atomic E-state index is 2.66. The highest BCUT2D eigenvalue weighted by atomic mass is 15.1. The van der Waals surface area contributed by atoms with Crippen molar-refractivity contribution in [2.45, 2.75) is 38.0 Å². The zero-order valence-corrected chi connectivity index (χ0v) is 10.2. The van der Waals surface area contributed by atoms with E-state index < -0.39 is 0 Å². The molecule has 0 atom stereocenters. The minimum Gasteiger partial charge on any atom is -0.302 e. The van der Waals surface area contributed by atoms with E-state index in [0.29, 0.717) is 5.41 Å². The Labute approximate surface area is 98.5 Å². The average molecular weight is 215 g/mol. The van der Waals surface area contributed by atoms with Crippen LogP contribution in [0.4, 0.5) is 0 Å². The molecule has 86 valence electrons. The lowest BCUT2D eigenvalue weighted by Crippen LogP contribution is -2.30. The van der Waals surface area contributed by atoms with Crippen molar-refractivity contribution >= 4 is 0 Å². The summed E-state index contributed by atoms with van der Waals surface area (Å²) in [7, 11) is 0. The molecule has 3 rings (SSSR count). The number of likely N-dealkylation sites (tertiary alicyclic amines) is 1. The lowest BCUT2D eigenvalue weighted by molar-refractivity contribution is 0.305. The Kier molecular flexibility index (Phi) is 2.51. The molecule has 1 saturated heterocycles. The number of rotatable bonds is 3. The number of benzene rings is 1. The summed E-state index contributed by atoms with van der Waals surface area (Å²) in [6, 6.07) is 9.22. The summed E-state index contributed by atoms with van der Waals surface area (Å²) in [5.74, 6) is 0. The number of nitrogens with zero attached hydrogens (tertiary/aromatic N) is 1. The molecule has 1 heterocycles. The molecule has 0 spiro atoms. The predicted molar refractivity (Wildman–Crippen MR) is 67.8 cm³/mol. The lowest BCUT2D eigenvalue weighted by Gasteiger charge is -2.23. The zero-order valence-electron chi connectivity index (χ0n) is 10.2. The quantitative estimate of drug-likeness (QED) is 0.749. The molecule has 1 nitrogen and oxygen atoms in total. The molecule has 1 aromatic rings. The van der Waals surface area contributed by atoms with Crippen LogP contribution in [0.2, 0.25) is 0 Å². The van der Waals surface area contributed by atoms with Crippen LogP contribution < -0.4 is 0 Å². The minimum absolute atomic E-state index is 0.526. The maximum Gasteiger partial charge on any atom is 0.00809 e. The van der Waals surface area contributed by atoms with E-state index in [-0.39, 0.29) is 0 Å². The third-order valence-electron chi connectivity index (χ3n) is 4.24. The van der Waals surface area contributed by atoms with Gasteiger partial charge in [0.2, 0.25) is 0 Å². The molecule has 0 N–H and O–H groups in total. The van der Waals surface area contributed by atoms with Crippen LogP contribution in [0.1, 0.15) is 36.8 Å². The summed E-state index contributed by atoms with van der Waals surface area (Å²) < 4.78 is 0. The Morgan fingerprint density at radius 1 is 1.06 bits per heavy atom. The van der Waals surface area contributed by atoms with E-state index in [2.05, 4.69) is 36.1 Å². The van der Waals surface area contributed by atoms with Crippen LogP contribution in [0.25, 0.3) is 0 Å². The number of aryl methyl sites for hydroxylation is 1. The third-order valence-corrected chi connectivity index (χ3v) is 4.24. The molecule has 0 aromatic heterocycles. The van der Waals surface area contributed by atoms with Gasteiger partial charge < -0.3 is 4.90 Å². The topological polar surface area (TPSA) is 3.24 Å². The van der Waals surface area contributed by atoms with Crippen molar-refractivity contribution < 1.29 is 0 Å². The van der Waals surface area contributed by atoms with Crippen molar-refractivity contribution in [1.82, 2.24) is 4.90 Å². The molecule has 1 saturated carbocycles. The van der Waals surface area contributed by atoms with Gasteiger partial charge in [0.25, 0.3) is 0 Å². The van der Waals surface area contributed by atoms with Gasteiger partial charge in [-0.15, -0.1) is 0 Å². The molecule has 1 aliphatic heterocycles. The van der Waals surface area contributed by atoms with Crippen LogP contribution in [0.3, 0.4) is 0 Å². The van der Waals surface area contributed by atoms with Gasteiger partial charge in [-0.3, -0.25) is 0 Å². The number of hydrogen-bond donors (Lipinski definition) is 0. The molecule has 1 heteroatoms. The van der Waals surface area contributed by atoms with Gasteiger partial charge in [-0.05, 0) is 51.3 Å². The highest BCUT2D eigenvalue weighted by Gasteiger charge is 2.45. The molecule has 16 heavy (non-hydrogen) atoms. The third kappa shape index (κ3) is 1.89. The van der Waals surface area contributed by atoms with Gasteiger partial charge in [0.1, 0.15) is 0 Å². The summed E-state index contributed by atoms with van der Waals surface area (Å²) in [5.41, 5.74) is 3.48. The first kappa shape index (κ1) is 10.3. The Hall–Kier alpha value is -0.820. The molecule has 2 aliphatic rings. The molecular weight excluding hydrogens is 194 g/mol. The first-order valence-corrected chi connectivity index (χ1v) is 6.58. The van der Waals surface area contributed by atoms with Crippen LogP contribution in [-0.2, 0) is 5.41 Å². The fourth-order valence-corrected chi connectivity index (χ4v) is 2.96. The SMILES string of the molecule is Cc1ccc(C2(CN3CCCC3)CC2)cc1. The second-order valence-electron chi connectivity index (χ2n) is 5.63. The van der Waals surface area contributed by atoms with Crippen molar-refractivity contribution in [3.63, 3.8) is 0 Å². The largest absolute Gasteiger partial charge is 0.302 e. The molecule has 1 aromatic carbocycles. The highest BCUT2D eigenvalue weighted by Crippen LogP contribution is 2.49. The molecule has 0 radical (unpaired) electrons. The summed E-state index contributed by atoms with van der Waals surface area (Å²) >= 11 is 0. The molecule has 2 fully saturated rings. The van der Waals surface area contributed by atoms with E-state index in [1.165, 1.54) is 50.9 Å². The summed E-state index contributed by atoms with van der Waals surface area (Å²) in [5, 5.41) is 0. The van der Waals surface area contributed by atoms with Gasteiger partial charge in [-0.2, -0.15) is 0 Å². The van der Waals surface area contributed by atoms with Gasteiger partial charge in [-0.1, -0.05) is 29.8 Å². The first-order valence-electron chi connectivity index (χ1n) is 6.58. The average Bonchev–Trinajstić information content (AvgIpc) is 2.88. The van der Waals surface area contributed by atoms with Gasteiger partial charge in [0, 0.05) is 12.0 Å². The van der Waals surface area contributed by atoms with E-state index in [9.17, 15) is 0 Å². The highest BCUT2D eigenvalue weighted by molar-refractivity contribution is 5.34. The number of hydrogen-bond acceptors (Lipinski definition) is 1. The standard InChI is InChI=1S/C15H21N/c1-13-4-6-14(7-5-13)15(8-9-15)12-16-10-2-3-11-16/h4-7H,2-3,8-12H2,1H3. The Morgan fingerprint density at radius 3 is 2.25 bits per heavy atom. The first-order chi connectivity index (χ1) is 7.78. The van der Waals surface area contributed by atoms with Crippen LogP contribution in [0.5, 0.6) is 0 Å². The summed E-state index contributed by atoms with van der Waals surface area (Å²) in [4.78, 5) is 2.66. The van der Waals surface area contributed by atoms with Crippen LogP contribution in [-0.4, -0.2) is 24.5 Å². The smallest absolute Gasteiger partial charge is 0.00809 e. The predicted octanol–water partition coefficient (Wildman–Crippen LogP) is 3.12. The summed E-state index contributed by atoms with van der Waals surface area (Å²) in [6.07, 6.45) is 5.60. The Morgan fingerprint density at radius 2 is 1.69 bits per heavy atom. The van der Waals surface area contributed by atoms with Gasteiger partial charge in [-0.25, -0.2) is 0 Å². The minimum atomic E-state index is 0.526. The van der Waals surface area contributed by atoms with Crippen LogP contribution in [0.15, 0.2) is 24.3 Å². The fraction of sp³-hybridized carbons (Fsp3) is 0.600. The summed E-state index contributed by atoms with van der Waals surface area (Å²) in [6.45, 7) is 6.13. The maximum atomic E-state index is 2.66. The lowest BCUT2D eigenvalue weighted by atomic mass is 9.94. The monoisotopic (exact) mass is 215 g/mol. The van der Waals surface area contributed by atoms with Crippen molar-refractivity contribution in [2.75, 3.05) is 19.6 Å². The molecular formula is C15H21N. The molecule has 0 unspecified atom stereocenters. The molecule has 0 amide bonds. The van der Waals surface area contributed by atoms with Crippen LogP contribution in [0, 0.1) is 6.92 Å². The van der Waals surface area contributed by atoms with E-state index in [1.54, 1.807) is 5.56 Å². The Balaban J connectivity index is 1.74. The zero-order chi connectivity index (χ0) is 11.0. The van der Waals surface area contributed by atoms with Gasteiger partial charge in [0.15, 0.2) is 0 Å². The van der Waals surface area contributed by atoms with E-state index in [4.69, 9.17) is 0 Å². The normalized spacial score (nSPS) is 23.6. The van der Waals surface area contributed by atoms with Crippen molar-refractivity contribution in [1.29, 1.82) is 0 Å². The van der Waals surface area contributed by atoms with Crippen LogP contribution >= 0.6 is 0 Å². The van der Waals surface area contributed by atoms with Gasteiger partial charge >= 0.3 is 0 Å².